The quantitative estimate of drug-likeness (QED) is 0.851. The van der Waals surface area contributed by atoms with Crippen molar-refractivity contribution < 1.29 is 0 Å². The lowest BCUT2D eigenvalue weighted by molar-refractivity contribution is 0.433. The number of nitrogens with one attached hydrogen (secondary N) is 1. The molecular weight excluding hydrogens is 210 g/mol. The van der Waals surface area contributed by atoms with Crippen molar-refractivity contribution in [3.63, 3.8) is 0 Å². The molecule has 1 unspecified atom stereocenters. The number of hydrogen-bond acceptors (Lipinski definition) is 2. The van der Waals surface area contributed by atoms with Gasteiger partial charge in [-0.3, -0.25) is 4.68 Å². The number of aromatic nitrogens is 2. The van der Waals surface area contributed by atoms with Crippen LogP contribution in [0.1, 0.15) is 68.3 Å². The lowest BCUT2D eigenvalue weighted by Crippen LogP contribution is -2.16. The van der Waals surface area contributed by atoms with Crippen molar-refractivity contribution in [2.24, 2.45) is 7.05 Å². The van der Waals surface area contributed by atoms with Gasteiger partial charge in [0.05, 0.1) is 11.4 Å². The van der Waals surface area contributed by atoms with E-state index in [1.807, 2.05) is 0 Å². The van der Waals surface area contributed by atoms with Crippen LogP contribution in [0.4, 0.5) is 0 Å². The maximum absolute atomic E-state index is 4.76. The molecule has 0 amide bonds. The van der Waals surface area contributed by atoms with Gasteiger partial charge in [-0.2, -0.15) is 5.10 Å². The molecule has 0 spiro atoms. The summed E-state index contributed by atoms with van der Waals surface area (Å²) in [5.74, 6) is 0.727. The van der Waals surface area contributed by atoms with Crippen LogP contribution < -0.4 is 5.32 Å². The lowest BCUT2D eigenvalue weighted by atomic mass is 9.87. The normalized spacial score (nSPS) is 26.5. The molecule has 1 aromatic heterocycles. The lowest BCUT2D eigenvalue weighted by Gasteiger charge is -2.19. The monoisotopic (exact) mass is 233 g/mol. The van der Waals surface area contributed by atoms with Crippen LogP contribution in [-0.2, 0) is 7.05 Å². The molecule has 0 aromatic carbocycles. The van der Waals surface area contributed by atoms with Crippen LogP contribution in [0.2, 0.25) is 0 Å². The molecule has 1 saturated heterocycles. The standard InChI is InChI=1S/C14H23N3/c1-17-14(12-8-5-9-15-12)10-13(16-17)11-6-3-2-4-7-11/h10-12,15H,2-9H2,1H3. The topological polar surface area (TPSA) is 29.9 Å². The summed E-state index contributed by atoms with van der Waals surface area (Å²) in [5.41, 5.74) is 2.74. The second kappa shape index (κ2) is 4.81. The highest BCUT2D eigenvalue weighted by Gasteiger charge is 2.24. The van der Waals surface area contributed by atoms with E-state index in [-0.39, 0.29) is 0 Å². The van der Waals surface area contributed by atoms with E-state index >= 15 is 0 Å². The zero-order chi connectivity index (χ0) is 11.7. The second-order valence-electron chi connectivity index (χ2n) is 5.60. The van der Waals surface area contributed by atoms with Crippen molar-refractivity contribution in [1.29, 1.82) is 0 Å². The minimum atomic E-state index is 0.546. The summed E-state index contributed by atoms with van der Waals surface area (Å²) >= 11 is 0. The Kier molecular flexibility index (Phi) is 3.19. The average Bonchev–Trinajstić information content (AvgIpc) is 2.99. The molecule has 0 bridgehead atoms. The van der Waals surface area contributed by atoms with E-state index < -0.39 is 0 Å². The van der Waals surface area contributed by atoms with Gasteiger partial charge < -0.3 is 5.32 Å². The number of aryl methyl sites for hydroxylation is 1. The van der Waals surface area contributed by atoms with Gasteiger partial charge in [0.2, 0.25) is 0 Å². The van der Waals surface area contributed by atoms with Crippen LogP contribution in [-0.4, -0.2) is 16.3 Å². The first-order valence-corrected chi connectivity index (χ1v) is 7.12. The molecule has 1 saturated carbocycles. The molecule has 17 heavy (non-hydrogen) atoms. The van der Waals surface area contributed by atoms with Crippen molar-refractivity contribution >= 4 is 0 Å². The van der Waals surface area contributed by atoms with Gasteiger partial charge in [-0.05, 0) is 38.3 Å². The molecule has 1 N–H and O–H groups in total. The Morgan fingerprint density at radius 3 is 2.71 bits per heavy atom. The van der Waals surface area contributed by atoms with E-state index in [1.165, 1.54) is 56.3 Å². The van der Waals surface area contributed by atoms with Crippen molar-refractivity contribution in [3.05, 3.63) is 17.5 Å². The Morgan fingerprint density at radius 2 is 2.00 bits per heavy atom. The van der Waals surface area contributed by atoms with Gasteiger partial charge in [-0.1, -0.05) is 19.3 Å². The van der Waals surface area contributed by atoms with E-state index in [2.05, 4.69) is 23.1 Å². The molecule has 1 atom stereocenters. The fraction of sp³-hybridized carbons (Fsp3) is 0.786. The van der Waals surface area contributed by atoms with E-state index in [0.29, 0.717) is 6.04 Å². The molecule has 0 radical (unpaired) electrons. The zero-order valence-corrected chi connectivity index (χ0v) is 10.8. The molecule has 2 heterocycles. The third-order valence-electron chi connectivity index (χ3n) is 4.38. The minimum absolute atomic E-state index is 0.546. The summed E-state index contributed by atoms with van der Waals surface area (Å²) in [5, 5.41) is 8.32. The Labute approximate surface area is 104 Å². The fourth-order valence-corrected chi connectivity index (χ4v) is 3.37. The van der Waals surface area contributed by atoms with E-state index in [4.69, 9.17) is 5.10 Å². The van der Waals surface area contributed by atoms with Gasteiger partial charge >= 0.3 is 0 Å². The molecule has 3 rings (SSSR count). The minimum Gasteiger partial charge on any atom is -0.309 e. The highest BCUT2D eigenvalue weighted by atomic mass is 15.3. The first kappa shape index (κ1) is 11.3. The Balaban J connectivity index is 1.79. The molecule has 2 aliphatic rings. The summed E-state index contributed by atoms with van der Waals surface area (Å²) in [6.07, 6.45) is 9.44. The maximum Gasteiger partial charge on any atom is 0.0658 e. The van der Waals surface area contributed by atoms with Crippen LogP contribution in [0.25, 0.3) is 0 Å². The summed E-state index contributed by atoms with van der Waals surface area (Å²) < 4.78 is 2.10. The van der Waals surface area contributed by atoms with Crippen LogP contribution in [0.5, 0.6) is 0 Å². The Bertz CT molecular complexity index is 371. The van der Waals surface area contributed by atoms with Crippen LogP contribution in [0.3, 0.4) is 0 Å². The van der Waals surface area contributed by atoms with Crippen molar-refractivity contribution in [2.45, 2.75) is 56.9 Å². The number of rotatable bonds is 2. The van der Waals surface area contributed by atoms with Crippen LogP contribution in [0, 0.1) is 0 Å². The molecule has 1 aromatic rings. The average molecular weight is 233 g/mol. The van der Waals surface area contributed by atoms with Gasteiger partial charge in [0.1, 0.15) is 0 Å². The SMILES string of the molecule is Cn1nc(C2CCCCC2)cc1C1CCCN1. The molecule has 1 aliphatic carbocycles. The summed E-state index contributed by atoms with van der Waals surface area (Å²) in [6, 6.07) is 2.91. The van der Waals surface area contributed by atoms with Crippen molar-refractivity contribution in [1.82, 2.24) is 15.1 Å². The Hall–Kier alpha value is -0.830. The van der Waals surface area contributed by atoms with Crippen LogP contribution in [0.15, 0.2) is 6.07 Å². The van der Waals surface area contributed by atoms with E-state index in [0.717, 1.165) is 12.5 Å². The predicted molar refractivity (Wildman–Crippen MR) is 69.0 cm³/mol. The largest absolute Gasteiger partial charge is 0.309 e. The molecular formula is C14H23N3. The van der Waals surface area contributed by atoms with Crippen molar-refractivity contribution in [2.75, 3.05) is 6.54 Å². The highest BCUT2D eigenvalue weighted by Crippen LogP contribution is 2.33. The smallest absolute Gasteiger partial charge is 0.0658 e. The molecule has 1 aliphatic heterocycles. The molecule has 3 nitrogen and oxygen atoms in total. The first-order valence-electron chi connectivity index (χ1n) is 7.12. The van der Waals surface area contributed by atoms with E-state index in [9.17, 15) is 0 Å². The number of hydrogen-bond donors (Lipinski definition) is 1. The molecule has 2 fully saturated rings. The van der Waals surface area contributed by atoms with Gasteiger partial charge in [-0.25, -0.2) is 0 Å². The maximum atomic E-state index is 4.76. The fourth-order valence-electron chi connectivity index (χ4n) is 3.37. The van der Waals surface area contributed by atoms with Gasteiger partial charge in [-0.15, -0.1) is 0 Å². The van der Waals surface area contributed by atoms with Gasteiger partial charge in [0.15, 0.2) is 0 Å². The summed E-state index contributed by atoms with van der Waals surface area (Å²) in [4.78, 5) is 0. The summed E-state index contributed by atoms with van der Waals surface area (Å²) in [6.45, 7) is 1.16. The third-order valence-corrected chi connectivity index (χ3v) is 4.38. The molecule has 3 heteroatoms. The third kappa shape index (κ3) is 2.25. The second-order valence-corrected chi connectivity index (χ2v) is 5.60. The predicted octanol–water partition coefficient (Wildman–Crippen LogP) is 2.89. The van der Waals surface area contributed by atoms with Crippen LogP contribution >= 0.6 is 0 Å². The van der Waals surface area contributed by atoms with Gasteiger partial charge in [0.25, 0.3) is 0 Å². The highest BCUT2D eigenvalue weighted by molar-refractivity contribution is 5.18. The Morgan fingerprint density at radius 1 is 1.18 bits per heavy atom. The van der Waals surface area contributed by atoms with Gasteiger partial charge in [0, 0.05) is 19.0 Å². The first-order chi connectivity index (χ1) is 8.34. The zero-order valence-electron chi connectivity index (χ0n) is 10.8. The summed E-state index contributed by atoms with van der Waals surface area (Å²) in [7, 11) is 2.10. The van der Waals surface area contributed by atoms with Crippen molar-refractivity contribution in [3.8, 4) is 0 Å². The van der Waals surface area contributed by atoms with E-state index in [1.54, 1.807) is 0 Å². The number of nitrogens with zero attached hydrogens (tertiary/aromatic N) is 2. The molecule has 94 valence electrons.